The second-order valence-electron chi connectivity index (χ2n) is 6.99. The largest absolute Gasteiger partial charge is 0.493 e. The average Bonchev–Trinajstić information content (AvgIpc) is 3.21. The topological polar surface area (TPSA) is 75.2 Å². The van der Waals surface area contributed by atoms with Gasteiger partial charge in [0.25, 0.3) is 0 Å². The summed E-state index contributed by atoms with van der Waals surface area (Å²) in [6, 6.07) is 13.9. The number of para-hydroxylation sites is 1. The van der Waals surface area contributed by atoms with Crippen molar-refractivity contribution in [3.63, 3.8) is 0 Å². The van der Waals surface area contributed by atoms with E-state index in [-0.39, 0.29) is 36.4 Å². The van der Waals surface area contributed by atoms with Gasteiger partial charge in [0, 0.05) is 25.3 Å². The molecule has 0 unspecified atom stereocenters. The molecule has 1 aliphatic rings. The van der Waals surface area contributed by atoms with Gasteiger partial charge < -0.3 is 25.0 Å². The fourth-order valence-electron chi connectivity index (χ4n) is 3.53. The molecular weight excluding hydrogens is 507 g/mol. The molecule has 0 spiro atoms. The maximum atomic E-state index is 12.7. The third kappa shape index (κ3) is 6.49. The quantitative estimate of drug-likeness (QED) is 0.307. The third-order valence-electron chi connectivity index (χ3n) is 5.06. The summed E-state index contributed by atoms with van der Waals surface area (Å²) in [6.45, 7) is 4.24. The van der Waals surface area contributed by atoms with Gasteiger partial charge in [-0.2, -0.15) is 0 Å². The first kappa shape index (κ1) is 24.8. The second kappa shape index (κ2) is 12.4. The molecule has 7 nitrogen and oxygen atoms in total. The number of ether oxygens (including phenoxy) is 2. The number of benzene rings is 2. The van der Waals surface area contributed by atoms with Gasteiger partial charge in [-0.3, -0.25) is 4.79 Å². The van der Waals surface area contributed by atoms with Crippen molar-refractivity contribution in [1.82, 2.24) is 10.6 Å². The van der Waals surface area contributed by atoms with Crippen LogP contribution in [0.15, 0.2) is 47.5 Å². The normalized spacial score (nSPS) is 12.6. The van der Waals surface area contributed by atoms with Crippen molar-refractivity contribution in [2.45, 2.75) is 19.8 Å². The van der Waals surface area contributed by atoms with E-state index < -0.39 is 0 Å². The molecule has 0 atom stereocenters. The summed E-state index contributed by atoms with van der Waals surface area (Å²) < 4.78 is 10.6. The van der Waals surface area contributed by atoms with Gasteiger partial charge in [-0.25, -0.2) is 4.99 Å². The molecule has 31 heavy (non-hydrogen) atoms. The molecule has 2 aromatic carbocycles. The van der Waals surface area contributed by atoms with Gasteiger partial charge in [0.15, 0.2) is 17.5 Å². The Labute approximate surface area is 201 Å². The van der Waals surface area contributed by atoms with Crippen molar-refractivity contribution in [3.05, 3.63) is 53.6 Å². The van der Waals surface area contributed by atoms with Crippen LogP contribution in [-0.2, 0) is 17.6 Å². The SMILES string of the molecule is CCNC(=NCC(=O)N1CCc2ccccc21)NCCc1ccc(OC)c(OC)c1.I. The van der Waals surface area contributed by atoms with Gasteiger partial charge in [-0.15, -0.1) is 24.0 Å². The van der Waals surface area contributed by atoms with Gasteiger partial charge in [0.05, 0.1) is 14.2 Å². The Bertz CT molecular complexity index is 904. The zero-order chi connectivity index (χ0) is 21.3. The van der Waals surface area contributed by atoms with E-state index in [9.17, 15) is 4.79 Å². The van der Waals surface area contributed by atoms with Crippen molar-refractivity contribution in [2.75, 3.05) is 45.3 Å². The number of guanidine groups is 1. The Hall–Kier alpha value is -2.49. The number of nitrogens with zero attached hydrogens (tertiary/aromatic N) is 2. The first-order valence-electron chi connectivity index (χ1n) is 10.3. The molecule has 1 aliphatic heterocycles. The maximum Gasteiger partial charge on any atom is 0.248 e. The minimum absolute atomic E-state index is 0. The lowest BCUT2D eigenvalue weighted by Crippen LogP contribution is -2.39. The molecule has 2 aromatic rings. The first-order valence-corrected chi connectivity index (χ1v) is 10.3. The van der Waals surface area contributed by atoms with Crippen LogP contribution >= 0.6 is 24.0 Å². The Morgan fingerprint density at radius 3 is 2.61 bits per heavy atom. The van der Waals surface area contributed by atoms with Gasteiger partial charge in [0.2, 0.25) is 5.91 Å². The third-order valence-corrected chi connectivity index (χ3v) is 5.06. The Morgan fingerprint density at radius 1 is 1.10 bits per heavy atom. The fraction of sp³-hybridized carbons (Fsp3) is 0.391. The van der Waals surface area contributed by atoms with Crippen LogP contribution in [0.2, 0.25) is 0 Å². The lowest BCUT2D eigenvalue weighted by Gasteiger charge is -2.17. The molecule has 1 amide bonds. The molecule has 0 bridgehead atoms. The van der Waals surface area contributed by atoms with E-state index in [0.29, 0.717) is 24.0 Å². The summed E-state index contributed by atoms with van der Waals surface area (Å²) in [4.78, 5) is 19.0. The van der Waals surface area contributed by atoms with Gasteiger partial charge in [-0.1, -0.05) is 24.3 Å². The Morgan fingerprint density at radius 2 is 1.87 bits per heavy atom. The van der Waals surface area contributed by atoms with Crippen LogP contribution in [0.1, 0.15) is 18.1 Å². The predicted octanol–water partition coefficient (Wildman–Crippen LogP) is 3.01. The van der Waals surface area contributed by atoms with Gasteiger partial charge >= 0.3 is 0 Å². The molecule has 0 saturated heterocycles. The lowest BCUT2D eigenvalue weighted by molar-refractivity contribution is -0.117. The summed E-state index contributed by atoms with van der Waals surface area (Å²) in [5.74, 6) is 2.08. The first-order chi connectivity index (χ1) is 14.7. The summed E-state index contributed by atoms with van der Waals surface area (Å²) >= 11 is 0. The molecule has 8 heteroatoms. The minimum atomic E-state index is 0. The molecule has 2 N–H and O–H groups in total. The van der Waals surface area contributed by atoms with E-state index in [1.165, 1.54) is 5.56 Å². The number of hydrogen-bond acceptors (Lipinski definition) is 4. The number of nitrogens with one attached hydrogen (secondary N) is 2. The van der Waals surface area contributed by atoms with Crippen molar-refractivity contribution in [1.29, 1.82) is 0 Å². The van der Waals surface area contributed by atoms with Crippen molar-refractivity contribution in [2.24, 2.45) is 4.99 Å². The highest BCUT2D eigenvalue weighted by molar-refractivity contribution is 14.0. The number of methoxy groups -OCH3 is 2. The summed E-state index contributed by atoms with van der Waals surface area (Å²) in [5, 5.41) is 6.49. The van der Waals surface area contributed by atoms with Gasteiger partial charge in [0.1, 0.15) is 6.54 Å². The van der Waals surface area contributed by atoms with E-state index in [1.54, 1.807) is 14.2 Å². The number of halogens is 1. The predicted molar refractivity (Wildman–Crippen MR) is 135 cm³/mol. The highest BCUT2D eigenvalue weighted by atomic mass is 127. The van der Waals surface area contributed by atoms with E-state index in [2.05, 4.69) is 21.7 Å². The van der Waals surface area contributed by atoms with Crippen LogP contribution in [0.4, 0.5) is 5.69 Å². The average molecular weight is 538 g/mol. The number of rotatable bonds is 8. The molecule has 0 aromatic heterocycles. The number of amides is 1. The van der Waals surface area contributed by atoms with Crippen LogP contribution in [0.25, 0.3) is 0 Å². The molecule has 3 rings (SSSR count). The number of aliphatic imine (C=N–C) groups is 1. The minimum Gasteiger partial charge on any atom is -0.493 e. The smallest absolute Gasteiger partial charge is 0.248 e. The Kier molecular flexibility index (Phi) is 9.90. The van der Waals surface area contributed by atoms with Crippen LogP contribution in [0.3, 0.4) is 0 Å². The number of hydrogen-bond donors (Lipinski definition) is 2. The monoisotopic (exact) mass is 538 g/mol. The fourth-order valence-corrected chi connectivity index (χ4v) is 3.53. The van der Waals surface area contributed by atoms with E-state index >= 15 is 0 Å². The Balaban J connectivity index is 0.00000341. The standard InChI is InChI=1S/C23H30N4O3.HI/c1-4-24-23(25-13-11-17-9-10-20(29-2)21(15-17)30-3)26-16-22(28)27-14-12-18-7-5-6-8-19(18)27;/h5-10,15H,4,11-14,16H2,1-3H3,(H2,24,25,26);1H. The zero-order valence-corrected chi connectivity index (χ0v) is 20.6. The lowest BCUT2D eigenvalue weighted by atomic mass is 10.1. The zero-order valence-electron chi connectivity index (χ0n) is 18.3. The maximum absolute atomic E-state index is 12.7. The van der Waals surface area contributed by atoms with E-state index in [4.69, 9.17) is 9.47 Å². The molecule has 0 fully saturated rings. The van der Waals surface area contributed by atoms with Crippen molar-refractivity contribution in [3.8, 4) is 11.5 Å². The summed E-state index contributed by atoms with van der Waals surface area (Å²) in [6.07, 6.45) is 1.69. The number of anilines is 1. The summed E-state index contributed by atoms with van der Waals surface area (Å²) in [5.41, 5.74) is 3.35. The molecule has 1 heterocycles. The van der Waals surface area contributed by atoms with E-state index in [1.807, 2.05) is 48.2 Å². The van der Waals surface area contributed by atoms with Crippen LogP contribution in [0.5, 0.6) is 11.5 Å². The van der Waals surface area contributed by atoms with Crippen LogP contribution in [0, 0.1) is 0 Å². The van der Waals surface area contributed by atoms with Crippen molar-refractivity contribution >= 4 is 41.5 Å². The van der Waals surface area contributed by atoms with Crippen LogP contribution in [-0.4, -0.2) is 52.3 Å². The second-order valence-corrected chi connectivity index (χ2v) is 6.99. The van der Waals surface area contributed by atoms with E-state index in [0.717, 1.165) is 37.2 Å². The molecular formula is C23H31IN4O3. The molecule has 0 radical (unpaired) electrons. The van der Waals surface area contributed by atoms with Crippen molar-refractivity contribution < 1.29 is 14.3 Å². The molecule has 0 saturated carbocycles. The number of carbonyl (C=O) groups excluding carboxylic acids is 1. The van der Waals surface area contributed by atoms with Gasteiger partial charge in [-0.05, 0) is 49.1 Å². The van der Waals surface area contributed by atoms with Crippen LogP contribution < -0.4 is 25.0 Å². The highest BCUT2D eigenvalue weighted by Gasteiger charge is 2.23. The highest BCUT2D eigenvalue weighted by Crippen LogP contribution is 2.28. The summed E-state index contributed by atoms with van der Waals surface area (Å²) in [7, 11) is 3.26. The molecule has 0 aliphatic carbocycles. The number of fused-ring (bicyclic) bond motifs is 1. The molecule has 168 valence electrons. The number of carbonyl (C=O) groups is 1.